The molecule has 0 aliphatic heterocycles. The van der Waals surface area contributed by atoms with E-state index in [0.29, 0.717) is 6.54 Å². The third-order valence-electron chi connectivity index (χ3n) is 2.87. The molecule has 1 atom stereocenters. The van der Waals surface area contributed by atoms with E-state index in [1.165, 1.54) is 6.92 Å². The molecule has 1 unspecified atom stereocenters. The van der Waals surface area contributed by atoms with Crippen LogP contribution in [0.5, 0.6) is 0 Å². The summed E-state index contributed by atoms with van der Waals surface area (Å²) in [7, 11) is 0. The average molecular weight is 235 g/mol. The first-order valence-electron chi connectivity index (χ1n) is 5.66. The van der Waals surface area contributed by atoms with Gasteiger partial charge in [0.15, 0.2) is 0 Å². The fourth-order valence-electron chi connectivity index (χ4n) is 1.81. The molecule has 2 rings (SSSR count). The van der Waals surface area contributed by atoms with Crippen LogP contribution >= 0.6 is 0 Å². The van der Waals surface area contributed by atoms with Gasteiger partial charge in [-0.25, -0.2) is 8.78 Å². The van der Waals surface area contributed by atoms with Crippen LogP contribution in [0.4, 0.5) is 8.78 Å². The van der Waals surface area contributed by atoms with Crippen molar-refractivity contribution in [2.45, 2.75) is 25.9 Å². The summed E-state index contributed by atoms with van der Waals surface area (Å²) >= 11 is 0. The Morgan fingerprint density at radius 3 is 2.53 bits per heavy atom. The topological polar surface area (TPSA) is 12.0 Å². The molecule has 90 valence electrons. The van der Waals surface area contributed by atoms with Gasteiger partial charge < -0.3 is 5.32 Å². The molecule has 0 saturated carbocycles. The lowest BCUT2D eigenvalue weighted by atomic mass is 10.0. The minimum atomic E-state index is -2.33. The van der Waals surface area contributed by atoms with Crippen LogP contribution in [0.2, 0.25) is 0 Å². The van der Waals surface area contributed by atoms with E-state index in [0.717, 1.165) is 16.3 Å². The van der Waals surface area contributed by atoms with Crippen LogP contribution in [-0.4, -0.2) is 12.5 Å². The van der Waals surface area contributed by atoms with Crippen molar-refractivity contribution in [3.05, 3.63) is 48.0 Å². The smallest absolute Gasteiger partial charge is 0.253 e. The molecular weight excluding hydrogens is 220 g/mol. The number of rotatable bonds is 4. The van der Waals surface area contributed by atoms with Gasteiger partial charge in [0, 0.05) is 6.54 Å². The molecule has 0 saturated heterocycles. The van der Waals surface area contributed by atoms with E-state index >= 15 is 0 Å². The summed E-state index contributed by atoms with van der Waals surface area (Å²) in [5.74, 6) is 0. The molecule has 0 heterocycles. The Bertz CT molecular complexity index is 491. The Morgan fingerprint density at radius 1 is 1.06 bits per heavy atom. The molecule has 0 radical (unpaired) electrons. The van der Waals surface area contributed by atoms with E-state index in [4.69, 9.17) is 0 Å². The van der Waals surface area contributed by atoms with Crippen LogP contribution in [0.3, 0.4) is 0 Å². The van der Waals surface area contributed by atoms with Crippen molar-refractivity contribution in [1.29, 1.82) is 0 Å². The molecular formula is C14H15F2N. The molecule has 0 amide bonds. The van der Waals surface area contributed by atoms with Gasteiger partial charge in [0.05, 0.1) is 6.04 Å². The van der Waals surface area contributed by atoms with Crippen LogP contribution in [0.1, 0.15) is 12.5 Å². The van der Waals surface area contributed by atoms with Gasteiger partial charge in [-0.1, -0.05) is 42.5 Å². The first-order valence-corrected chi connectivity index (χ1v) is 5.66. The average Bonchev–Trinajstić information content (AvgIpc) is 2.35. The van der Waals surface area contributed by atoms with Crippen LogP contribution < -0.4 is 5.32 Å². The number of hydrogen-bond acceptors (Lipinski definition) is 1. The van der Waals surface area contributed by atoms with E-state index < -0.39 is 12.5 Å². The number of hydrogen-bond donors (Lipinski definition) is 1. The largest absolute Gasteiger partial charge is 0.305 e. The maximum absolute atomic E-state index is 12.4. The molecule has 0 fully saturated rings. The van der Waals surface area contributed by atoms with Gasteiger partial charge in [-0.05, 0) is 23.3 Å². The highest BCUT2D eigenvalue weighted by Crippen LogP contribution is 2.18. The second kappa shape index (κ2) is 5.23. The third-order valence-corrected chi connectivity index (χ3v) is 2.87. The van der Waals surface area contributed by atoms with Gasteiger partial charge >= 0.3 is 0 Å². The molecule has 0 aliphatic rings. The van der Waals surface area contributed by atoms with E-state index in [1.54, 1.807) is 0 Å². The van der Waals surface area contributed by atoms with Crippen LogP contribution in [0.15, 0.2) is 42.5 Å². The maximum Gasteiger partial charge on any atom is 0.253 e. The van der Waals surface area contributed by atoms with Gasteiger partial charge in [-0.15, -0.1) is 0 Å². The predicted octanol–water partition coefficient (Wildman–Crippen LogP) is 3.58. The summed E-state index contributed by atoms with van der Waals surface area (Å²) in [6.45, 7) is 1.96. The van der Waals surface area contributed by atoms with Crippen LogP contribution in [0.25, 0.3) is 10.8 Å². The summed E-state index contributed by atoms with van der Waals surface area (Å²) in [6, 6.07) is 13.1. The molecule has 1 nitrogen and oxygen atoms in total. The zero-order chi connectivity index (χ0) is 12.3. The van der Waals surface area contributed by atoms with Crippen molar-refractivity contribution in [2.24, 2.45) is 0 Å². The Balaban J connectivity index is 2.19. The monoisotopic (exact) mass is 235 g/mol. The lowest BCUT2D eigenvalue weighted by Gasteiger charge is -2.13. The quantitative estimate of drug-likeness (QED) is 0.854. The number of benzene rings is 2. The zero-order valence-electron chi connectivity index (χ0n) is 9.66. The molecule has 0 aromatic heterocycles. The highest BCUT2D eigenvalue weighted by atomic mass is 19.3. The van der Waals surface area contributed by atoms with Crippen LogP contribution in [-0.2, 0) is 6.54 Å². The van der Waals surface area contributed by atoms with E-state index in [9.17, 15) is 8.78 Å². The lowest BCUT2D eigenvalue weighted by molar-refractivity contribution is 0.105. The van der Waals surface area contributed by atoms with Crippen molar-refractivity contribution in [3.63, 3.8) is 0 Å². The Kier molecular flexibility index (Phi) is 3.69. The molecule has 2 aromatic rings. The standard InChI is InChI=1S/C14H15F2N/c1-10(14(15)16)17-9-12-7-4-6-11-5-2-3-8-13(11)12/h2-8,10,14,17H,9H2,1H3. The second-order valence-corrected chi connectivity index (χ2v) is 4.14. The van der Waals surface area contributed by atoms with Crippen molar-refractivity contribution >= 4 is 10.8 Å². The van der Waals surface area contributed by atoms with Gasteiger partial charge in [0.25, 0.3) is 6.43 Å². The maximum atomic E-state index is 12.4. The highest BCUT2D eigenvalue weighted by Gasteiger charge is 2.13. The lowest BCUT2D eigenvalue weighted by Crippen LogP contribution is -2.32. The van der Waals surface area contributed by atoms with Crippen molar-refractivity contribution in [1.82, 2.24) is 5.32 Å². The van der Waals surface area contributed by atoms with E-state index in [-0.39, 0.29) is 0 Å². The second-order valence-electron chi connectivity index (χ2n) is 4.14. The van der Waals surface area contributed by atoms with E-state index in [1.807, 2.05) is 42.5 Å². The summed E-state index contributed by atoms with van der Waals surface area (Å²) < 4.78 is 24.8. The molecule has 2 aromatic carbocycles. The van der Waals surface area contributed by atoms with Crippen molar-refractivity contribution in [3.8, 4) is 0 Å². The molecule has 0 aliphatic carbocycles. The fraction of sp³-hybridized carbons (Fsp3) is 0.286. The van der Waals surface area contributed by atoms with Gasteiger partial charge in [0.1, 0.15) is 0 Å². The summed E-state index contributed by atoms with van der Waals surface area (Å²) in [4.78, 5) is 0. The van der Waals surface area contributed by atoms with Crippen molar-refractivity contribution in [2.75, 3.05) is 0 Å². The summed E-state index contributed by atoms with van der Waals surface area (Å²) in [5.41, 5.74) is 1.05. The number of nitrogens with one attached hydrogen (secondary N) is 1. The van der Waals surface area contributed by atoms with Crippen LogP contribution in [0, 0.1) is 0 Å². The number of fused-ring (bicyclic) bond motifs is 1. The Labute approximate surface area is 99.5 Å². The minimum Gasteiger partial charge on any atom is -0.305 e. The summed E-state index contributed by atoms with van der Waals surface area (Å²) in [5, 5.41) is 5.09. The van der Waals surface area contributed by atoms with Crippen molar-refractivity contribution < 1.29 is 8.78 Å². The first-order chi connectivity index (χ1) is 8.18. The molecule has 0 bridgehead atoms. The fourth-order valence-corrected chi connectivity index (χ4v) is 1.81. The Hall–Kier alpha value is -1.48. The predicted molar refractivity (Wildman–Crippen MR) is 66.3 cm³/mol. The SMILES string of the molecule is CC(NCc1cccc2ccccc12)C(F)F. The Morgan fingerprint density at radius 2 is 1.76 bits per heavy atom. The first kappa shape index (κ1) is 12.0. The van der Waals surface area contributed by atoms with Gasteiger partial charge in [-0.3, -0.25) is 0 Å². The zero-order valence-corrected chi connectivity index (χ0v) is 9.66. The summed E-state index contributed by atoms with van der Waals surface area (Å²) in [6.07, 6.45) is -2.33. The highest BCUT2D eigenvalue weighted by molar-refractivity contribution is 5.85. The normalized spacial score (nSPS) is 13.2. The van der Waals surface area contributed by atoms with Gasteiger partial charge in [0.2, 0.25) is 0 Å². The molecule has 1 N–H and O–H groups in total. The van der Waals surface area contributed by atoms with Gasteiger partial charge in [-0.2, -0.15) is 0 Å². The molecule has 17 heavy (non-hydrogen) atoms. The number of halogens is 2. The molecule has 3 heteroatoms. The van der Waals surface area contributed by atoms with E-state index in [2.05, 4.69) is 5.32 Å². The third kappa shape index (κ3) is 2.80. The molecule has 0 spiro atoms. The minimum absolute atomic E-state index is 0.465. The number of alkyl halides is 2.